The Balaban J connectivity index is 0.00000221. The van der Waals surface area contributed by atoms with Crippen LogP contribution < -0.4 is 6.54 Å². The Morgan fingerprint density at radius 3 is 1.18 bits per heavy atom. The van der Waals surface area contributed by atoms with Gasteiger partial charge in [-0.05, 0) is 0 Å². The van der Waals surface area contributed by atoms with Crippen molar-refractivity contribution in [2.75, 3.05) is 0 Å². The summed E-state index contributed by atoms with van der Waals surface area (Å²) in [5, 5.41) is 0. The standard InChI is InChI=1S/2C14H17.2C6H5.2ClH.H2Si.Zr/c2*1-9(2)12-6-5-11(4)13-7-10(3)8-14(12)13;2*1-2-4-6-5-3-1;;;;/h2*5-9H,1-4H3;2*1-5H;2*1H;1H2;. The van der Waals surface area contributed by atoms with Crippen molar-refractivity contribution in [3.8, 4) is 0 Å². The molecule has 2 aliphatic carbocycles. The first kappa shape index (κ1) is 34.9. The molecular formula is C40H48Cl2SiZr. The van der Waals surface area contributed by atoms with Crippen LogP contribution in [0, 0.1) is 13.8 Å². The van der Waals surface area contributed by atoms with Crippen LogP contribution in [-0.4, -0.2) is 6.88 Å². The molecule has 0 heterocycles. The number of fused-ring (bicyclic) bond motifs is 2. The van der Waals surface area contributed by atoms with Gasteiger partial charge in [-0.15, -0.1) is 24.8 Å². The minimum atomic E-state index is -4.54. The molecule has 0 saturated carbocycles. The zero-order valence-electron chi connectivity index (χ0n) is 27.6. The molecule has 4 heteroatoms. The topological polar surface area (TPSA) is 0 Å². The molecule has 0 bridgehead atoms. The maximum atomic E-state index is 2.59. The quantitative estimate of drug-likeness (QED) is 0.174. The number of allylic oxidation sites excluding steroid dienone is 2. The number of halogens is 2. The maximum Gasteiger partial charge on any atom is -0.147 e. The zero-order valence-corrected chi connectivity index (χ0v) is 33.1. The van der Waals surface area contributed by atoms with E-state index in [2.05, 4.69) is 159 Å². The normalized spacial score (nSPS) is 17.4. The van der Waals surface area contributed by atoms with Crippen molar-refractivity contribution in [2.24, 2.45) is 0 Å². The van der Waals surface area contributed by atoms with Crippen molar-refractivity contribution in [3.63, 3.8) is 0 Å². The van der Waals surface area contributed by atoms with Crippen LogP contribution in [0.1, 0.15) is 105 Å². The average Bonchev–Trinajstić information content (AvgIpc) is 3.52. The zero-order chi connectivity index (χ0) is 30.0. The minimum Gasteiger partial charge on any atom is -0.147 e. The second-order valence-corrected chi connectivity index (χ2v) is 36.6. The molecule has 0 radical (unpaired) electrons. The van der Waals surface area contributed by atoms with Gasteiger partial charge in [0.2, 0.25) is 0 Å². The van der Waals surface area contributed by atoms with E-state index in [4.69, 9.17) is 0 Å². The molecule has 44 heavy (non-hydrogen) atoms. The number of aryl methyl sites for hydroxylation is 2. The van der Waals surface area contributed by atoms with Crippen LogP contribution in [0.4, 0.5) is 0 Å². The third-order valence-electron chi connectivity index (χ3n) is 10.8. The van der Waals surface area contributed by atoms with Crippen LogP contribution >= 0.6 is 24.8 Å². The smallest absolute Gasteiger partial charge is 0.147 e. The largest absolute Gasteiger partial charge is 0.147 e. The molecule has 0 nitrogen and oxygen atoms in total. The van der Waals surface area contributed by atoms with Gasteiger partial charge in [-0.25, -0.2) is 0 Å². The Morgan fingerprint density at radius 1 is 0.523 bits per heavy atom. The molecule has 4 aromatic rings. The van der Waals surface area contributed by atoms with Gasteiger partial charge < -0.3 is 0 Å². The first-order valence-electron chi connectivity index (χ1n) is 15.8. The van der Waals surface area contributed by atoms with E-state index in [0.717, 1.165) is 0 Å². The number of hydrogen-bond acceptors (Lipinski definition) is 0. The van der Waals surface area contributed by atoms with Gasteiger partial charge in [0.25, 0.3) is 0 Å². The molecule has 0 aromatic heterocycles. The summed E-state index contributed by atoms with van der Waals surface area (Å²) in [5.74, 6) is 0.972. The monoisotopic (exact) mass is 716 g/mol. The molecule has 6 rings (SSSR count). The van der Waals surface area contributed by atoms with Gasteiger partial charge in [-0.3, -0.25) is 0 Å². The van der Waals surface area contributed by atoms with Gasteiger partial charge in [0.05, 0.1) is 0 Å². The first-order chi connectivity index (χ1) is 20.0. The molecule has 0 spiro atoms. The predicted molar refractivity (Wildman–Crippen MR) is 199 cm³/mol. The molecular weight excluding hydrogens is 671 g/mol. The molecule has 0 N–H and O–H groups in total. The van der Waals surface area contributed by atoms with Gasteiger partial charge in [0.1, 0.15) is 0 Å². The van der Waals surface area contributed by atoms with Crippen LogP contribution in [0.25, 0.3) is 12.2 Å². The summed E-state index contributed by atoms with van der Waals surface area (Å²) in [5.41, 5.74) is 15.2. The minimum absolute atomic E-state index is 0. The molecule has 230 valence electrons. The summed E-state index contributed by atoms with van der Waals surface area (Å²) >= 11 is -4.54. The summed E-state index contributed by atoms with van der Waals surface area (Å²) in [7, 11) is 0. The maximum absolute atomic E-state index is 4.54. The summed E-state index contributed by atoms with van der Waals surface area (Å²) in [6.07, 6.45) is 5.17. The van der Waals surface area contributed by atoms with Gasteiger partial charge >= 0.3 is 258 Å². The van der Waals surface area contributed by atoms with Crippen molar-refractivity contribution >= 4 is 50.4 Å². The summed E-state index contributed by atoms with van der Waals surface area (Å²) in [6, 6.07) is 33.3. The van der Waals surface area contributed by atoms with E-state index in [1.165, 1.54) is 33.4 Å². The first-order valence-corrected chi connectivity index (χ1v) is 27.0. The second kappa shape index (κ2) is 12.7. The van der Waals surface area contributed by atoms with Crippen molar-refractivity contribution < 1.29 is 17.4 Å². The van der Waals surface area contributed by atoms with E-state index in [-0.39, 0.29) is 24.8 Å². The summed E-state index contributed by atoms with van der Waals surface area (Å²) < 4.78 is 3.96. The van der Waals surface area contributed by atoms with Crippen molar-refractivity contribution in [1.82, 2.24) is 0 Å². The Hall–Kier alpha value is -1.96. The summed E-state index contributed by atoms with van der Waals surface area (Å²) in [4.78, 5) is 0. The van der Waals surface area contributed by atoms with Gasteiger partial charge in [0, 0.05) is 0 Å². The van der Waals surface area contributed by atoms with E-state index in [1.807, 2.05) is 0 Å². The summed E-state index contributed by atoms with van der Waals surface area (Å²) in [6.45, 7) is 21.5. The van der Waals surface area contributed by atoms with Crippen LogP contribution in [0.5, 0.6) is 0 Å². The fraction of sp³-hybridized carbons (Fsp3) is 0.300. The van der Waals surface area contributed by atoms with Gasteiger partial charge in [0.15, 0.2) is 0 Å². The molecule has 0 aliphatic heterocycles. The van der Waals surface area contributed by atoms with Crippen LogP contribution in [-0.2, 0) is 17.4 Å². The van der Waals surface area contributed by atoms with Crippen molar-refractivity contribution in [2.45, 2.75) is 74.5 Å². The Kier molecular flexibility index (Phi) is 10.1. The number of hydrogen-bond donors (Lipinski definition) is 0. The Bertz CT molecular complexity index is 1700. The molecule has 2 aliphatic rings. The van der Waals surface area contributed by atoms with Crippen LogP contribution in [0.3, 0.4) is 0 Å². The van der Waals surface area contributed by atoms with Crippen molar-refractivity contribution in [3.05, 3.63) is 141 Å². The molecule has 0 fully saturated rings. The van der Waals surface area contributed by atoms with Crippen LogP contribution in [0.2, 0.25) is 0 Å². The van der Waals surface area contributed by atoms with Crippen LogP contribution in [0.15, 0.2) is 96.1 Å². The number of benzene rings is 4. The van der Waals surface area contributed by atoms with E-state index < -0.39 is 17.4 Å². The Morgan fingerprint density at radius 2 is 0.864 bits per heavy atom. The Labute approximate surface area is 280 Å². The fourth-order valence-corrected chi connectivity index (χ4v) is 38.5. The molecule has 0 saturated heterocycles. The third kappa shape index (κ3) is 4.86. The second-order valence-electron chi connectivity index (χ2n) is 13.9. The number of rotatable bonds is 6. The molecule has 0 amide bonds. The van der Waals surface area contributed by atoms with Crippen molar-refractivity contribution in [1.29, 1.82) is 0 Å². The van der Waals surface area contributed by atoms with E-state index in [9.17, 15) is 0 Å². The van der Waals surface area contributed by atoms with E-state index in [0.29, 0.717) is 19.1 Å². The van der Waals surface area contributed by atoms with E-state index >= 15 is 0 Å². The van der Waals surface area contributed by atoms with Gasteiger partial charge in [-0.2, -0.15) is 0 Å². The third-order valence-corrected chi connectivity index (χ3v) is 38.9. The fourth-order valence-electron chi connectivity index (χ4n) is 9.06. The average molecular weight is 719 g/mol. The predicted octanol–water partition coefficient (Wildman–Crippen LogP) is 9.90. The van der Waals surface area contributed by atoms with E-state index in [1.54, 1.807) is 28.8 Å². The molecule has 2 unspecified atom stereocenters. The SMILES string of the molecule is CC1=Cc2c(C(C)C)ccc(C)c2[CH]1[Zr](=[SiH2])([c]1ccccc1)([c]1ccccc1)[CH]1C(C)=Cc2c(C(C)C)ccc(C)c21.Cl.Cl. The van der Waals surface area contributed by atoms with Gasteiger partial charge in [-0.1, -0.05) is 0 Å². The molecule has 2 atom stereocenters. The molecule has 4 aromatic carbocycles.